The first-order valence-corrected chi connectivity index (χ1v) is 12.3. The molecule has 0 bridgehead atoms. The molecule has 0 N–H and O–H groups in total. The second kappa shape index (κ2) is 8.43. The van der Waals surface area contributed by atoms with Crippen LogP contribution in [0.5, 0.6) is 5.75 Å². The number of nitrogens with zero attached hydrogens (tertiary/aromatic N) is 2. The summed E-state index contributed by atoms with van der Waals surface area (Å²) in [6.07, 6.45) is -4.55. The molecule has 2 saturated heterocycles. The van der Waals surface area contributed by atoms with E-state index < -0.39 is 38.8 Å². The van der Waals surface area contributed by atoms with Crippen molar-refractivity contribution in [2.45, 2.75) is 23.9 Å². The molecule has 0 aromatic heterocycles. The Bertz CT molecular complexity index is 1160. The van der Waals surface area contributed by atoms with Crippen molar-refractivity contribution >= 4 is 38.4 Å². The van der Waals surface area contributed by atoms with E-state index >= 15 is 0 Å². The first kappa shape index (κ1) is 22.7. The normalized spacial score (nSPS) is 23.4. The van der Waals surface area contributed by atoms with Gasteiger partial charge in [0, 0.05) is 10.9 Å². The molecule has 2 fully saturated rings. The van der Waals surface area contributed by atoms with Crippen LogP contribution < -0.4 is 9.64 Å². The lowest BCUT2D eigenvalue weighted by Crippen LogP contribution is -2.38. The van der Waals surface area contributed by atoms with Gasteiger partial charge in [-0.1, -0.05) is 30.0 Å². The summed E-state index contributed by atoms with van der Waals surface area (Å²) in [6.45, 7) is 0. The zero-order valence-electron chi connectivity index (χ0n) is 16.9. The van der Waals surface area contributed by atoms with E-state index in [2.05, 4.69) is 4.99 Å². The first-order chi connectivity index (χ1) is 15.1. The molecule has 0 aliphatic carbocycles. The second-order valence-corrected chi connectivity index (χ2v) is 10.9. The minimum atomic E-state index is -4.55. The van der Waals surface area contributed by atoms with Crippen molar-refractivity contribution in [1.29, 1.82) is 0 Å². The Balaban J connectivity index is 1.65. The number of rotatable bonds is 4. The maximum Gasteiger partial charge on any atom is 0.416 e. The van der Waals surface area contributed by atoms with Gasteiger partial charge in [0.25, 0.3) is 5.91 Å². The molecule has 2 atom stereocenters. The number of alkyl halides is 3. The molecule has 0 unspecified atom stereocenters. The van der Waals surface area contributed by atoms with E-state index in [1.54, 1.807) is 24.3 Å². The van der Waals surface area contributed by atoms with Gasteiger partial charge in [0.15, 0.2) is 15.0 Å². The average Bonchev–Trinajstić information content (AvgIpc) is 3.18. The van der Waals surface area contributed by atoms with E-state index in [4.69, 9.17) is 4.74 Å². The predicted octanol–water partition coefficient (Wildman–Crippen LogP) is 3.56. The minimum Gasteiger partial charge on any atom is -0.497 e. The SMILES string of the molecule is COc1ccc(CC(=O)N=C2S[C@@H]3CS(=O)(=O)C[C@@H]3N2c2cccc(C(F)(F)F)c2)cc1. The molecule has 6 nitrogen and oxygen atoms in total. The molecule has 0 saturated carbocycles. The van der Waals surface area contributed by atoms with Crippen molar-refractivity contribution in [3.63, 3.8) is 0 Å². The lowest BCUT2D eigenvalue weighted by molar-refractivity contribution is -0.137. The van der Waals surface area contributed by atoms with Crippen LogP contribution in [0.15, 0.2) is 53.5 Å². The fourth-order valence-corrected chi connectivity index (χ4v) is 7.69. The van der Waals surface area contributed by atoms with Gasteiger partial charge in [0.2, 0.25) is 0 Å². The van der Waals surface area contributed by atoms with E-state index in [0.717, 1.165) is 23.9 Å². The fourth-order valence-electron chi connectivity index (χ4n) is 3.76. The van der Waals surface area contributed by atoms with Gasteiger partial charge in [-0.15, -0.1) is 0 Å². The third-order valence-electron chi connectivity index (χ3n) is 5.25. The maximum absolute atomic E-state index is 13.2. The minimum absolute atomic E-state index is 0.00187. The number of benzene rings is 2. The number of amidine groups is 1. The van der Waals surface area contributed by atoms with E-state index in [0.29, 0.717) is 11.3 Å². The van der Waals surface area contributed by atoms with Gasteiger partial charge in [0.05, 0.1) is 36.6 Å². The predicted molar refractivity (Wildman–Crippen MR) is 117 cm³/mol. The van der Waals surface area contributed by atoms with Crippen LogP contribution >= 0.6 is 11.8 Å². The Morgan fingerprint density at radius 1 is 1.19 bits per heavy atom. The number of carbonyl (C=O) groups is 1. The standard InChI is InChI=1S/C21H19F3N2O4S2/c1-30-16-7-5-13(6-8-16)9-19(27)25-20-26(17-11-32(28,29)12-18(17)31-20)15-4-2-3-14(10-15)21(22,23)24/h2-8,10,17-18H,9,11-12H2,1H3/t17-,18+/m0/s1. The highest BCUT2D eigenvalue weighted by molar-refractivity contribution is 8.16. The van der Waals surface area contributed by atoms with E-state index in [1.807, 2.05) is 0 Å². The molecule has 2 heterocycles. The van der Waals surface area contributed by atoms with Crippen LogP contribution in [-0.4, -0.2) is 49.4 Å². The number of aliphatic imine (C=N–C) groups is 1. The second-order valence-electron chi connectivity index (χ2n) is 7.53. The van der Waals surface area contributed by atoms with Crippen LogP contribution in [0, 0.1) is 0 Å². The van der Waals surface area contributed by atoms with Gasteiger partial charge in [-0.05, 0) is 35.9 Å². The smallest absolute Gasteiger partial charge is 0.416 e. The lowest BCUT2D eigenvalue weighted by Gasteiger charge is -2.25. The van der Waals surface area contributed by atoms with Crippen molar-refractivity contribution < 1.29 is 31.1 Å². The lowest BCUT2D eigenvalue weighted by atomic mass is 10.1. The summed E-state index contributed by atoms with van der Waals surface area (Å²) in [5, 5.41) is -0.185. The Kier molecular flexibility index (Phi) is 5.97. The van der Waals surface area contributed by atoms with E-state index in [-0.39, 0.29) is 28.8 Å². The van der Waals surface area contributed by atoms with Crippen LogP contribution in [0.1, 0.15) is 11.1 Å². The topological polar surface area (TPSA) is 76.0 Å². The summed E-state index contributed by atoms with van der Waals surface area (Å²) in [5.74, 6) is -0.142. The Labute approximate surface area is 187 Å². The van der Waals surface area contributed by atoms with Gasteiger partial charge in [0.1, 0.15) is 5.75 Å². The summed E-state index contributed by atoms with van der Waals surface area (Å²) in [7, 11) is -1.80. The largest absolute Gasteiger partial charge is 0.497 e. The van der Waals surface area contributed by atoms with Crippen LogP contribution in [0.2, 0.25) is 0 Å². The van der Waals surface area contributed by atoms with Crippen molar-refractivity contribution in [3.05, 3.63) is 59.7 Å². The molecule has 2 aromatic rings. The van der Waals surface area contributed by atoms with Gasteiger partial charge in [-0.25, -0.2) is 8.42 Å². The van der Waals surface area contributed by atoms with Crippen LogP contribution in [0.25, 0.3) is 0 Å². The van der Waals surface area contributed by atoms with Crippen molar-refractivity contribution in [2.75, 3.05) is 23.5 Å². The molecular formula is C21H19F3N2O4S2. The van der Waals surface area contributed by atoms with Gasteiger partial charge >= 0.3 is 6.18 Å². The quantitative estimate of drug-likeness (QED) is 0.661. The van der Waals surface area contributed by atoms with Crippen molar-refractivity contribution in [1.82, 2.24) is 0 Å². The third kappa shape index (κ3) is 4.78. The zero-order chi connectivity index (χ0) is 23.1. The number of halogens is 3. The summed E-state index contributed by atoms with van der Waals surface area (Å²) < 4.78 is 69.1. The monoisotopic (exact) mass is 484 g/mol. The van der Waals surface area contributed by atoms with E-state index in [1.165, 1.54) is 24.1 Å². The Hall–Kier alpha value is -2.53. The number of methoxy groups -OCH3 is 1. The van der Waals surface area contributed by atoms with Gasteiger partial charge in [-0.3, -0.25) is 4.79 Å². The average molecular weight is 485 g/mol. The zero-order valence-corrected chi connectivity index (χ0v) is 18.5. The van der Waals surface area contributed by atoms with Crippen LogP contribution in [0.3, 0.4) is 0 Å². The highest BCUT2D eigenvalue weighted by Crippen LogP contribution is 2.42. The number of hydrogen-bond donors (Lipinski definition) is 0. The fraction of sp³-hybridized carbons (Fsp3) is 0.333. The summed E-state index contributed by atoms with van der Waals surface area (Å²) in [6, 6.07) is 10.9. The van der Waals surface area contributed by atoms with Crippen molar-refractivity contribution in [2.24, 2.45) is 4.99 Å². The number of amides is 1. The molecule has 32 heavy (non-hydrogen) atoms. The third-order valence-corrected chi connectivity index (χ3v) is 8.46. The molecule has 0 spiro atoms. The summed E-state index contributed by atoms with van der Waals surface area (Å²) in [5.41, 5.74) is 0.0117. The number of fused-ring (bicyclic) bond motifs is 1. The van der Waals surface area contributed by atoms with Crippen molar-refractivity contribution in [3.8, 4) is 5.75 Å². The van der Waals surface area contributed by atoms with Crippen LogP contribution in [0.4, 0.5) is 18.9 Å². The number of sulfone groups is 1. The number of thioether (sulfide) groups is 1. The highest BCUT2D eigenvalue weighted by Gasteiger charge is 2.49. The molecule has 4 rings (SSSR count). The Morgan fingerprint density at radius 3 is 2.56 bits per heavy atom. The number of anilines is 1. The molecule has 0 radical (unpaired) electrons. The van der Waals surface area contributed by atoms with Gasteiger partial charge in [-0.2, -0.15) is 18.2 Å². The molecule has 1 amide bonds. The van der Waals surface area contributed by atoms with Crippen LogP contribution in [-0.2, 0) is 27.2 Å². The number of ether oxygens (including phenoxy) is 1. The van der Waals surface area contributed by atoms with E-state index in [9.17, 15) is 26.4 Å². The highest BCUT2D eigenvalue weighted by atomic mass is 32.2. The maximum atomic E-state index is 13.2. The molecular weight excluding hydrogens is 465 g/mol. The molecule has 11 heteroatoms. The number of carbonyl (C=O) groups excluding carboxylic acids is 1. The molecule has 2 aromatic carbocycles. The summed E-state index contributed by atoms with van der Waals surface area (Å²) >= 11 is 1.12. The van der Waals surface area contributed by atoms with Gasteiger partial charge < -0.3 is 9.64 Å². The Morgan fingerprint density at radius 2 is 1.91 bits per heavy atom. The summed E-state index contributed by atoms with van der Waals surface area (Å²) in [4.78, 5) is 18.2. The first-order valence-electron chi connectivity index (χ1n) is 9.64. The molecule has 2 aliphatic rings. The molecule has 170 valence electrons. The number of hydrogen-bond acceptors (Lipinski definition) is 5. The molecule has 2 aliphatic heterocycles.